The number of nitrogens with two attached hydrogens (primary N) is 1. The van der Waals surface area contributed by atoms with E-state index in [4.69, 9.17) is 33.7 Å². The SMILES string of the molecule is C[C@H](O)[C@@H](CCOc1ccc(Cl)c(Cl)c1)n1cnc(C(N)=O)c1. The van der Waals surface area contributed by atoms with Gasteiger partial charge in [0.05, 0.1) is 35.1 Å². The molecule has 0 aliphatic heterocycles. The van der Waals surface area contributed by atoms with Crippen LogP contribution in [0.4, 0.5) is 0 Å². The van der Waals surface area contributed by atoms with E-state index in [0.29, 0.717) is 28.8 Å². The summed E-state index contributed by atoms with van der Waals surface area (Å²) in [4.78, 5) is 15.0. The maximum atomic E-state index is 11.1. The number of primary amides is 1. The van der Waals surface area contributed by atoms with E-state index in [1.165, 1.54) is 12.5 Å². The molecule has 6 nitrogen and oxygen atoms in total. The number of aromatic nitrogens is 2. The molecular formula is C15H17Cl2N3O3. The summed E-state index contributed by atoms with van der Waals surface area (Å²) in [6.45, 7) is 2.01. The Hall–Kier alpha value is -1.76. The molecule has 23 heavy (non-hydrogen) atoms. The molecule has 0 fully saturated rings. The Morgan fingerprint density at radius 3 is 2.74 bits per heavy atom. The second kappa shape index (κ2) is 7.68. The van der Waals surface area contributed by atoms with Crippen molar-refractivity contribution in [3.05, 3.63) is 46.5 Å². The zero-order valence-corrected chi connectivity index (χ0v) is 14.0. The van der Waals surface area contributed by atoms with Crippen molar-refractivity contribution in [1.82, 2.24) is 9.55 Å². The first kappa shape index (κ1) is 17.6. The summed E-state index contributed by atoms with van der Waals surface area (Å²) >= 11 is 11.8. The Balaban J connectivity index is 1.99. The molecule has 1 aromatic carbocycles. The minimum Gasteiger partial charge on any atom is -0.493 e. The quantitative estimate of drug-likeness (QED) is 0.796. The van der Waals surface area contributed by atoms with Crippen molar-refractivity contribution in [3.63, 3.8) is 0 Å². The maximum absolute atomic E-state index is 11.1. The van der Waals surface area contributed by atoms with Crippen molar-refractivity contribution < 1.29 is 14.6 Å². The zero-order valence-electron chi connectivity index (χ0n) is 12.4. The van der Waals surface area contributed by atoms with Crippen LogP contribution in [0.15, 0.2) is 30.7 Å². The van der Waals surface area contributed by atoms with E-state index in [0.717, 1.165) is 0 Å². The third-order valence-corrected chi connectivity index (χ3v) is 4.11. The molecule has 1 aromatic heterocycles. The minimum absolute atomic E-state index is 0.154. The summed E-state index contributed by atoms with van der Waals surface area (Å²) in [5.74, 6) is -0.0210. The summed E-state index contributed by atoms with van der Waals surface area (Å²) in [5, 5.41) is 10.8. The molecule has 0 aliphatic carbocycles. The number of imidazole rings is 1. The van der Waals surface area contributed by atoms with Gasteiger partial charge < -0.3 is 20.1 Å². The molecule has 0 saturated carbocycles. The second-order valence-electron chi connectivity index (χ2n) is 5.09. The van der Waals surface area contributed by atoms with Crippen LogP contribution in [0, 0.1) is 0 Å². The molecule has 2 atom stereocenters. The Bertz CT molecular complexity index is 688. The lowest BCUT2D eigenvalue weighted by molar-refractivity contribution is 0.0993. The number of amides is 1. The molecular weight excluding hydrogens is 341 g/mol. The highest BCUT2D eigenvalue weighted by Gasteiger charge is 2.18. The van der Waals surface area contributed by atoms with Gasteiger partial charge in [0.2, 0.25) is 0 Å². The number of halogens is 2. The molecule has 0 saturated heterocycles. The molecule has 0 aliphatic rings. The van der Waals surface area contributed by atoms with Crippen LogP contribution in [0.3, 0.4) is 0 Å². The van der Waals surface area contributed by atoms with E-state index in [-0.39, 0.29) is 11.7 Å². The first-order chi connectivity index (χ1) is 10.9. The second-order valence-corrected chi connectivity index (χ2v) is 5.91. The van der Waals surface area contributed by atoms with Crippen LogP contribution in [0.1, 0.15) is 29.9 Å². The van der Waals surface area contributed by atoms with Crippen LogP contribution in [0.5, 0.6) is 5.75 Å². The summed E-state index contributed by atoms with van der Waals surface area (Å²) in [6, 6.07) is 4.70. The third kappa shape index (κ3) is 4.60. The smallest absolute Gasteiger partial charge is 0.268 e. The first-order valence-electron chi connectivity index (χ1n) is 6.97. The number of hydrogen-bond donors (Lipinski definition) is 2. The maximum Gasteiger partial charge on any atom is 0.268 e. The fourth-order valence-corrected chi connectivity index (χ4v) is 2.44. The van der Waals surface area contributed by atoms with Crippen LogP contribution in [0.25, 0.3) is 0 Å². The molecule has 8 heteroatoms. The standard InChI is InChI=1S/C15H17Cl2N3O3/c1-9(21)14(20-7-13(15(18)22)19-8-20)4-5-23-10-2-3-11(16)12(17)6-10/h2-3,6-9,14,21H,4-5H2,1H3,(H2,18,22)/t9-,14+/m0/s1. The molecule has 0 bridgehead atoms. The summed E-state index contributed by atoms with van der Waals surface area (Å²) in [7, 11) is 0. The molecule has 0 unspecified atom stereocenters. The fourth-order valence-electron chi connectivity index (χ4n) is 2.15. The number of ether oxygens (including phenoxy) is 1. The average molecular weight is 358 g/mol. The topological polar surface area (TPSA) is 90.4 Å². The number of aliphatic hydroxyl groups excluding tert-OH is 1. The molecule has 3 N–H and O–H groups in total. The highest BCUT2D eigenvalue weighted by atomic mass is 35.5. The Labute approximate surface area is 143 Å². The number of hydrogen-bond acceptors (Lipinski definition) is 4. The van der Waals surface area contributed by atoms with Gasteiger partial charge in [-0.05, 0) is 19.1 Å². The number of carbonyl (C=O) groups excluding carboxylic acids is 1. The van der Waals surface area contributed by atoms with Crippen molar-refractivity contribution in [1.29, 1.82) is 0 Å². The predicted molar refractivity (Wildman–Crippen MR) is 88.0 cm³/mol. The first-order valence-corrected chi connectivity index (χ1v) is 7.73. The van der Waals surface area contributed by atoms with Gasteiger partial charge in [0.25, 0.3) is 5.91 Å². The lowest BCUT2D eigenvalue weighted by Crippen LogP contribution is -2.23. The molecule has 1 amide bonds. The van der Waals surface area contributed by atoms with Crippen molar-refractivity contribution >= 4 is 29.1 Å². The lowest BCUT2D eigenvalue weighted by Gasteiger charge is -2.21. The van der Waals surface area contributed by atoms with Crippen LogP contribution in [-0.2, 0) is 0 Å². The van der Waals surface area contributed by atoms with Crippen LogP contribution in [-0.4, -0.2) is 33.3 Å². The average Bonchev–Trinajstić information content (AvgIpc) is 2.96. The molecule has 0 radical (unpaired) electrons. The van der Waals surface area contributed by atoms with Gasteiger partial charge in [-0.15, -0.1) is 0 Å². The highest BCUT2D eigenvalue weighted by Crippen LogP contribution is 2.27. The van der Waals surface area contributed by atoms with Gasteiger partial charge in [0, 0.05) is 18.7 Å². The van der Waals surface area contributed by atoms with Gasteiger partial charge in [-0.1, -0.05) is 23.2 Å². The number of nitrogens with zero attached hydrogens (tertiary/aromatic N) is 2. The van der Waals surface area contributed by atoms with E-state index in [2.05, 4.69) is 4.98 Å². The van der Waals surface area contributed by atoms with Crippen LogP contribution >= 0.6 is 23.2 Å². The molecule has 0 spiro atoms. The van der Waals surface area contributed by atoms with Crippen molar-refractivity contribution in [2.75, 3.05) is 6.61 Å². The monoisotopic (exact) mass is 357 g/mol. The molecule has 2 rings (SSSR count). The van der Waals surface area contributed by atoms with Crippen molar-refractivity contribution in [3.8, 4) is 5.75 Å². The molecule has 124 valence electrons. The fraction of sp³-hybridized carbons (Fsp3) is 0.333. The minimum atomic E-state index is -0.651. The molecule has 2 aromatic rings. The van der Waals surface area contributed by atoms with Gasteiger partial charge in [-0.2, -0.15) is 0 Å². The number of aliphatic hydroxyl groups is 1. The van der Waals surface area contributed by atoms with Crippen LogP contribution in [0.2, 0.25) is 10.0 Å². The Kier molecular flexibility index (Phi) is 5.87. The van der Waals surface area contributed by atoms with Gasteiger partial charge in [-0.25, -0.2) is 4.98 Å². The van der Waals surface area contributed by atoms with Gasteiger partial charge in [-0.3, -0.25) is 4.79 Å². The summed E-state index contributed by atoms with van der Waals surface area (Å²) in [5.41, 5.74) is 5.33. The highest BCUT2D eigenvalue weighted by molar-refractivity contribution is 6.42. The normalized spacial score (nSPS) is 13.6. The van der Waals surface area contributed by atoms with Crippen LogP contribution < -0.4 is 10.5 Å². The van der Waals surface area contributed by atoms with E-state index >= 15 is 0 Å². The summed E-state index contributed by atoms with van der Waals surface area (Å²) < 4.78 is 7.27. The van der Waals surface area contributed by atoms with Gasteiger partial charge >= 0.3 is 0 Å². The van der Waals surface area contributed by atoms with E-state index in [1.54, 1.807) is 29.7 Å². The zero-order chi connectivity index (χ0) is 17.0. The Morgan fingerprint density at radius 2 is 2.17 bits per heavy atom. The number of carbonyl (C=O) groups is 1. The van der Waals surface area contributed by atoms with E-state index < -0.39 is 12.0 Å². The van der Waals surface area contributed by atoms with E-state index in [9.17, 15) is 9.90 Å². The molecule has 1 heterocycles. The number of benzene rings is 1. The van der Waals surface area contributed by atoms with E-state index in [1.807, 2.05) is 0 Å². The largest absolute Gasteiger partial charge is 0.493 e. The lowest BCUT2D eigenvalue weighted by atomic mass is 10.1. The van der Waals surface area contributed by atoms with Crippen molar-refractivity contribution in [2.45, 2.75) is 25.5 Å². The number of rotatable bonds is 7. The Morgan fingerprint density at radius 1 is 1.43 bits per heavy atom. The van der Waals surface area contributed by atoms with Gasteiger partial charge in [0.1, 0.15) is 11.4 Å². The third-order valence-electron chi connectivity index (χ3n) is 3.37. The van der Waals surface area contributed by atoms with Gasteiger partial charge in [0.15, 0.2) is 0 Å². The summed E-state index contributed by atoms with van der Waals surface area (Å²) in [6.07, 6.45) is 2.84. The predicted octanol–water partition coefficient (Wildman–Crippen LogP) is 2.68. The van der Waals surface area contributed by atoms with Crippen molar-refractivity contribution in [2.24, 2.45) is 5.73 Å².